The van der Waals surface area contributed by atoms with Gasteiger partial charge < -0.3 is 24.7 Å². The lowest BCUT2D eigenvalue weighted by molar-refractivity contribution is -0.124. The summed E-state index contributed by atoms with van der Waals surface area (Å²) >= 11 is 0. The van der Waals surface area contributed by atoms with Crippen molar-refractivity contribution in [3.63, 3.8) is 0 Å². The van der Waals surface area contributed by atoms with Crippen LogP contribution < -0.4 is 20.1 Å². The van der Waals surface area contributed by atoms with Gasteiger partial charge in [-0.05, 0) is 12.5 Å². The number of para-hydroxylation sites is 1. The van der Waals surface area contributed by atoms with Gasteiger partial charge in [-0.25, -0.2) is 4.98 Å². The number of fused-ring (bicyclic) bond motifs is 1. The maximum atomic E-state index is 11.9. The molecule has 7 heteroatoms. The van der Waals surface area contributed by atoms with Crippen molar-refractivity contribution in [2.45, 2.75) is 31.5 Å². The third kappa shape index (κ3) is 3.19. The first kappa shape index (κ1) is 16.0. The lowest BCUT2D eigenvalue weighted by Gasteiger charge is -2.33. The van der Waals surface area contributed by atoms with E-state index in [1.807, 2.05) is 36.0 Å². The Labute approximate surface area is 146 Å². The van der Waals surface area contributed by atoms with Gasteiger partial charge in [0.1, 0.15) is 13.2 Å². The van der Waals surface area contributed by atoms with E-state index in [4.69, 9.17) is 9.47 Å². The Morgan fingerprint density at radius 2 is 2.24 bits per heavy atom. The van der Waals surface area contributed by atoms with Gasteiger partial charge in [0.15, 0.2) is 11.5 Å². The van der Waals surface area contributed by atoms with Gasteiger partial charge in [0.25, 0.3) is 0 Å². The summed E-state index contributed by atoms with van der Waals surface area (Å²) < 4.78 is 13.4. The second-order valence-corrected chi connectivity index (χ2v) is 6.44. The van der Waals surface area contributed by atoms with E-state index in [2.05, 4.69) is 15.6 Å². The molecule has 1 saturated heterocycles. The number of rotatable bonds is 4. The minimum atomic E-state index is -0.0922. The minimum Gasteiger partial charge on any atom is -0.486 e. The largest absolute Gasteiger partial charge is 0.486 e. The van der Waals surface area contributed by atoms with Crippen LogP contribution in [0, 0.1) is 0 Å². The van der Waals surface area contributed by atoms with E-state index >= 15 is 0 Å². The van der Waals surface area contributed by atoms with Gasteiger partial charge in [0, 0.05) is 31.6 Å². The first-order chi connectivity index (χ1) is 12.2. The molecule has 132 valence electrons. The van der Waals surface area contributed by atoms with Crippen LogP contribution in [0.25, 0.3) is 0 Å². The summed E-state index contributed by atoms with van der Waals surface area (Å²) in [6, 6.07) is 5.99. The number of aryl methyl sites for hydroxylation is 1. The molecular formula is C18H22N4O3. The van der Waals surface area contributed by atoms with E-state index in [0.717, 1.165) is 29.2 Å². The van der Waals surface area contributed by atoms with Gasteiger partial charge in [-0.15, -0.1) is 0 Å². The number of benzene rings is 1. The molecule has 1 aromatic heterocycles. The summed E-state index contributed by atoms with van der Waals surface area (Å²) in [5.41, 5.74) is 2.07. The van der Waals surface area contributed by atoms with Crippen LogP contribution in [0.2, 0.25) is 0 Å². The van der Waals surface area contributed by atoms with E-state index in [0.29, 0.717) is 26.2 Å². The Morgan fingerprint density at radius 1 is 1.36 bits per heavy atom. The highest BCUT2D eigenvalue weighted by atomic mass is 16.6. The number of carbonyl (C=O) groups excluding carboxylic acids is 1. The Bertz CT molecular complexity index is 773. The van der Waals surface area contributed by atoms with Gasteiger partial charge in [0.05, 0.1) is 24.3 Å². The maximum absolute atomic E-state index is 11.9. The zero-order valence-corrected chi connectivity index (χ0v) is 14.2. The molecule has 7 nitrogen and oxygen atoms in total. The molecule has 0 radical (unpaired) electrons. The van der Waals surface area contributed by atoms with Crippen LogP contribution in [-0.4, -0.2) is 34.7 Å². The number of nitrogens with one attached hydrogen (secondary N) is 2. The van der Waals surface area contributed by atoms with Gasteiger partial charge in [-0.2, -0.15) is 0 Å². The van der Waals surface area contributed by atoms with E-state index < -0.39 is 0 Å². The van der Waals surface area contributed by atoms with E-state index in [1.165, 1.54) is 0 Å². The van der Waals surface area contributed by atoms with Gasteiger partial charge in [-0.3, -0.25) is 4.79 Å². The normalized spacial score (nSPS) is 22.5. The summed E-state index contributed by atoms with van der Waals surface area (Å²) in [6.07, 6.45) is 4.88. The molecule has 2 aromatic rings. The Morgan fingerprint density at radius 3 is 3.08 bits per heavy atom. The van der Waals surface area contributed by atoms with Crippen LogP contribution in [0.5, 0.6) is 11.5 Å². The van der Waals surface area contributed by atoms with Gasteiger partial charge in [0.2, 0.25) is 5.91 Å². The summed E-state index contributed by atoms with van der Waals surface area (Å²) in [6.45, 7) is 1.81. The Kier molecular flexibility index (Phi) is 4.31. The average Bonchev–Trinajstić information content (AvgIpc) is 3.06. The van der Waals surface area contributed by atoms with Crippen molar-refractivity contribution >= 4 is 5.91 Å². The van der Waals surface area contributed by atoms with Crippen LogP contribution in [-0.2, 0) is 18.4 Å². The average molecular weight is 342 g/mol. The highest BCUT2D eigenvalue weighted by molar-refractivity contribution is 5.77. The summed E-state index contributed by atoms with van der Waals surface area (Å²) in [4.78, 5) is 16.1. The van der Waals surface area contributed by atoms with Crippen molar-refractivity contribution in [2.75, 3.05) is 13.2 Å². The molecule has 2 N–H and O–H groups in total. The maximum Gasteiger partial charge on any atom is 0.220 e. The van der Waals surface area contributed by atoms with Crippen molar-refractivity contribution in [2.24, 2.45) is 7.05 Å². The molecule has 0 saturated carbocycles. The fourth-order valence-corrected chi connectivity index (χ4v) is 3.48. The van der Waals surface area contributed by atoms with Crippen LogP contribution in [0.15, 0.2) is 30.7 Å². The fourth-order valence-electron chi connectivity index (χ4n) is 3.48. The fraction of sp³-hybridized carbons (Fsp3) is 0.444. The molecule has 2 aliphatic rings. The first-order valence-corrected chi connectivity index (χ1v) is 8.59. The minimum absolute atomic E-state index is 0.0815. The lowest BCUT2D eigenvalue weighted by Crippen LogP contribution is -2.48. The molecule has 4 rings (SSSR count). The molecule has 2 aliphatic heterocycles. The highest BCUT2D eigenvalue weighted by Gasteiger charge is 2.31. The van der Waals surface area contributed by atoms with E-state index in [-0.39, 0.29) is 18.0 Å². The van der Waals surface area contributed by atoms with Crippen LogP contribution in [0.3, 0.4) is 0 Å². The zero-order chi connectivity index (χ0) is 17.2. The quantitative estimate of drug-likeness (QED) is 0.876. The summed E-state index contributed by atoms with van der Waals surface area (Å²) in [7, 11) is 1.94. The Hall–Kier alpha value is -2.54. The number of aromatic nitrogens is 2. The predicted molar refractivity (Wildman–Crippen MR) is 91.4 cm³/mol. The molecule has 1 amide bonds. The SMILES string of the molecule is Cn1cncc1[C@@H]1NC(=O)CC[C@H]1NCc1cccc2c1OCCO2. The third-order valence-corrected chi connectivity index (χ3v) is 4.78. The zero-order valence-electron chi connectivity index (χ0n) is 14.2. The summed E-state index contributed by atoms with van der Waals surface area (Å²) in [5.74, 6) is 1.70. The number of nitrogens with zero attached hydrogens (tertiary/aromatic N) is 2. The van der Waals surface area contributed by atoms with E-state index in [1.54, 1.807) is 6.33 Å². The lowest BCUT2D eigenvalue weighted by atomic mass is 9.95. The van der Waals surface area contributed by atoms with E-state index in [9.17, 15) is 4.79 Å². The standard InChI is InChI=1S/C18H22N4O3/c1-22-11-19-10-14(22)17-13(5-6-16(23)21-17)20-9-12-3-2-4-15-18(12)25-8-7-24-15/h2-4,10-11,13,17,20H,5-9H2,1H3,(H,21,23)/t13-,17-/m1/s1. The number of hydrogen-bond acceptors (Lipinski definition) is 5. The van der Waals surface area contributed by atoms with Crippen molar-refractivity contribution in [1.29, 1.82) is 0 Å². The highest BCUT2D eigenvalue weighted by Crippen LogP contribution is 2.34. The number of amides is 1. The van der Waals surface area contributed by atoms with Crippen molar-refractivity contribution in [3.05, 3.63) is 42.0 Å². The molecule has 0 aliphatic carbocycles. The van der Waals surface area contributed by atoms with Gasteiger partial charge >= 0.3 is 0 Å². The number of hydrogen-bond donors (Lipinski definition) is 2. The smallest absolute Gasteiger partial charge is 0.220 e. The van der Waals surface area contributed by atoms with Crippen LogP contribution in [0.1, 0.15) is 30.1 Å². The molecule has 0 bridgehead atoms. The second-order valence-electron chi connectivity index (χ2n) is 6.44. The molecular weight excluding hydrogens is 320 g/mol. The van der Waals surface area contributed by atoms with Crippen LogP contribution in [0.4, 0.5) is 0 Å². The van der Waals surface area contributed by atoms with Crippen molar-refractivity contribution in [1.82, 2.24) is 20.2 Å². The van der Waals surface area contributed by atoms with Crippen molar-refractivity contribution in [3.8, 4) is 11.5 Å². The van der Waals surface area contributed by atoms with Crippen molar-refractivity contribution < 1.29 is 14.3 Å². The number of imidazole rings is 1. The number of ether oxygens (including phenoxy) is 2. The number of carbonyl (C=O) groups is 1. The third-order valence-electron chi connectivity index (χ3n) is 4.78. The number of piperidine rings is 1. The summed E-state index contributed by atoms with van der Waals surface area (Å²) in [5, 5.41) is 6.67. The van der Waals surface area contributed by atoms with Gasteiger partial charge in [-0.1, -0.05) is 12.1 Å². The molecule has 1 fully saturated rings. The molecule has 0 unspecified atom stereocenters. The molecule has 0 spiro atoms. The molecule has 25 heavy (non-hydrogen) atoms. The topological polar surface area (TPSA) is 77.4 Å². The molecule has 3 heterocycles. The monoisotopic (exact) mass is 342 g/mol. The predicted octanol–water partition coefficient (Wildman–Crippen LogP) is 1.30. The molecule has 1 aromatic carbocycles. The second kappa shape index (κ2) is 6.76. The first-order valence-electron chi connectivity index (χ1n) is 8.59. The molecule has 2 atom stereocenters. The Balaban J connectivity index is 1.51. The van der Waals surface area contributed by atoms with Crippen LogP contribution >= 0.6 is 0 Å².